The first kappa shape index (κ1) is 19.1. The number of carbonyl (C=O) groups excluding carboxylic acids is 1. The van der Waals surface area contributed by atoms with E-state index in [9.17, 15) is 13.2 Å². The SMILES string of the molecule is CC(C)=CCC(NS(=O)(=O)c1ccc(C)cc1)C(=O)c1ccccc1. The van der Waals surface area contributed by atoms with Crippen LogP contribution in [-0.2, 0) is 10.0 Å². The van der Waals surface area contributed by atoms with E-state index in [1.165, 1.54) is 0 Å². The van der Waals surface area contributed by atoms with Gasteiger partial charge in [-0.05, 0) is 39.3 Å². The largest absolute Gasteiger partial charge is 0.292 e. The Balaban J connectivity index is 2.31. The highest BCUT2D eigenvalue weighted by Crippen LogP contribution is 2.14. The molecule has 0 spiro atoms. The van der Waals surface area contributed by atoms with Gasteiger partial charge in [0.05, 0.1) is 10.9 Å². The molecule has 4 nitrogen and oxygen atoms in total. The summed E-state index contributed by atoms with van der Waals surface area (Å²) >= 11 is 0. The van der Waals surface area contributed by atoms with Crippen LogP contribution in [0.2, 0.25) is 0 Å². The Morgan fingerprint density at radius 2 is 1.64 bits per heavy atom. The number of ketones is 1. The lowest BCUT2D eigenvalue weighted by atomic mass is 10.0. The van der Waals surface area contributed by atoms with Crippen molar-refractivity contribution < 1.29 is 13.2 Å². The number of allylic oxidation sites excluding steroid dienone is 1. The molecule has 2 aromatic carbocycles. The molecule has 0 aliphatic rings. The second kappa shape index (κ2) is 8.23. The van der Waals surface area contributed by atoms with Crippen LogP contribution >= 0.6 is 0 Å². The summed E-state index contributed by atoms with van der Waals surface area (Å²) in [6.07, 6.45) is 2.17. The highest BCUT2D eigenvalue weighted by molar-refractivity contribution is 7.89. The van der Waals surface area contributed by atoms with Crippen LogP contribution in [0.1, 0.15) is 36.2 Å². The Morgan fingerprint density at radius 1 is 1.04 bits per heavy atom. The highest BCUT2D eigenvalue weighted by atomic mass is 32.2. The molecule has 0 aliphatic carbocycles. The van der Waals surface area contributed by atoms with Crippen molar-refractivity contribution in [2.24, 2.45) is 0 Å². The third-order valence-electron chi connectivity index (χ3n) is 3.77. The summed E-state index contributed by atoms with van der Waals surface area (Å²) in [4.78, 5) is 12.9. The molecule has 0 radical (unpaired) electrons. The van der Waals surface area contributed by atoms with E-state index in [4.69, 9.17) is 0 Å². The molecule has 0 fully saturated rings. The van der Waals surface area contributed by atoms with E-state index in [0.29, 0.717) is 12.0 Å². The third kappa shape index (κ3) is 5.37. The number of benzene rings is 2. The number of rotatable bonds is 7. The number of nitrogens with one attached hydrogen (secondary N) is 1. The van der Waals surface area contributed by atoms with Gasteiger partial charge in [0.1, 0.15) is 0 Å². The molecule has 1 atom stereocenters. The van der Waals surface area contributed by atoms with Gasteiger partial charge in [-0.2, -0.15) is 4.72 Å². The number of hydrogen-bond acceptors (Lipinski definition) is 3. The van der Waals surface area contributed by atoms with Crippen LogP contribution in [-0.4, -0.2) is 20.2 Å². The minimum atomic E-state index is -3.78. The van der Waals surface area contributed by atoms with Crippen LogP contribution in [0.3, 0.4) is 0 Å². The second-order valence-electron chi connectivity index (χ2n) is 6.23. The van der Waals surface area contributed by atoms with Crippen molar-refractivity contribution in [3.05, 3.63) is 77.4 Å². The molecular weight excluding hydrogens is 334 g/mol. The number of aryl methyl sites for hydroxylation is 1. The Hall–Kier alpha value is -2.24. The van der Waals surface area contributed by atoms with Crippen LogP contribution in [0.4, 0.5) is 0 Å². The molecule has 0 amide bonds. The molecular formula is C20H23NO3S. The molecule has 0 aliphatic heterocycles. The van der Waals surface area contributed by atoms with E-state index in [2.05, 4.69) is 4.72 Å². The van der Waals surface area contributed by atoms with Crippen LogP contribution in [0.15, 0.2) is 71.1 Å². The molecule has 2 rings (SSSR count). The molecule has 0 saturated carbocycles. The smallest absolute Gasteiger partial charge is 0.241 e. The molecule has 0 aromatic heterocycles. The van der Waals surface area contributed by atoms with Crippen molar-refractivity contribution in [2.45, 2.75) is 38.1 Å². The number of Topliss-reactive ketones (excluding diaryl/α,β-unsaturated/α-hetero) is 1. The number of sulfonamides is 1. The normalized spacial score (nSPS) is 12.4. The van der Waals surface area contributed by atoms with Crippen molar-refractivity contribution >= 4 is 15.8 Å². The molecule has 0 bridgehead atoms. The summed E-state index contributed by atoms with van der Waals surface area (Å²) < 4.78 is 27.9. The maximum atomic E-state index is 12.8. The summed E-state index contributed by atoms with van der Waals surface area (Å²) in [5.41, 5.74) is 2.49. The minimum absolute atomic E-state index is 0.154. The molecule has 25 heavy (non-hydrogen) atoms. The fourth-order valence-corrected chi connectivity index (χ4v) is 3.55. The van der Waals surface area contributed by atoms with Gasteiger partial charge in [0.25, 0.3) is 0 Å². The topological polar surface area (TPSA) is 63.2 Å². The van der Waals surface area contributed by atoms with E-state index in [-0.39, 0.29) is 10.7 Å². The van der Waals surface area contributed by atoms with Gasteiger partial charge < -0.3 is 0 Å². The zero-order valence-corrected chi connectivity index (χ0v) is 15.5. The van der Waals surface area contributed by atoms with Gasteiger partial charge in [0.15, 0.2) is 5.78 Å². The maximum absolute atomic E-state index is 12.8. The first-order valence-corrected chi connectivity index (χ1v) is 9.59. The van der Waals surface area contributed by atoms with Crippen LogP contribution < -0.4 is 4.72 Å². The van der Waals surface area contributed by atoms with Crippen molar-refractivity contribution in [2.75, 3.05) is 0 Å². The Bertz CT molecular complexity index is 850. The maximum Gasteiger partial charge on any atom is 0.241 e. The van der Waals surface area contributed by atoms with Crippen LogP contribution in [0, 0.1) is 6.92 Å². The lowest BCUT2D eigenvalue weighted by molar-refractivity contribution is 0.0954. The molecule has 0 heterocycles. The summed E-state index contributed by atoms with van der Waals surface area (Å²) in [7, 11) is -3.78. The van der Waals surface area contributed by atoms with Gasteiger partial charge in [-0.1, -0.05) is 59.7 Å². The molecule has 5 heteroatoms. The van der Waals surface area contributed by atoms with Crippen molar-refractivity contribution in [1.29, 1.82) is 0 Å². The van der Waals surface area contributed by atoms with Gasteiger partial charge in [0, 0.05) is 5.56 Å². The molecule has 2 aromatic rings. The quantitative estimate of drug-likeness (QED) is 0.604. The first-order chi connectivity index (χ1) is 11.8. The fraction of sp³-hybridized carbons (Fsp3) is 0.250. The van der Waals surface area contributed by atoms with E-state index in [1.807, 2.05) is 32.9 Å². The summed E-state index contributed by atoms with van der Waals surface area (Å²) in [6, 6.07) is 14.4. The van der Waals surface area contributed by atoms with Crippen molar-refractivity contribution in [3.8, 4) is 0 Å². The van der Waals surface area contributed by atoms with Gasteiger partial charge in [-0.15, -0.1) is 0 Å². The zero-order chi connectivity index (χ0) is 18.4. The monoisotopic (exact) mass is 357 g/mol. The zero-order valence-electron chi connectivity index (χ0n) is 14.7. The van der Waals surface area contributed by atoms with Gasteiger partial charge in [-0.3, -0.25) is 4.79 Å². The van der Waals surface area contributed by atoms with Gasteiger partial charge >= 0.3 is 0 Å². The standard InChI is InChI=1S/C20H23NO3S/c1-15(2)9-14-19(20(22)17-7-5-4-6-8-17)21-25(23,24)18-12-10-16(3)11-13-18/h4-13,19,21H,14H2,1-3H3. The predicted molar refractivity (Wildman–Crippen MR) is 100 cm³/mol. The third-order valence-corrected chi connectivity index (χ3v) is 5.25. The van der Waals surface area contributed by atoms with Crippen LogP contribution in [0.5, 0.6) is 0 Å². The lowest BCUT2D eigenvalue weighted by Gasteiger charge is -2.17. The van der Waals surface area contributed by atoms with Gasteiger partial charge in [0.2, 0.25) is 10.0 Å². The lowest BCUT2D eigenvalue weighted by Crippen LogP contribution is -2.40. The van der Waals surface area contributed by atoms with Crippen molar-refractivity contribution in [1.82, 2.24) is 4.72 Å². The van der Waals surface area contributed by atoms with Crippen LogP contribution in [0.25, 0.3) is 0 Å². The van der Waals surface area contributed by atoms with E-state index >= 15 is 0 Å². The molecule has 132 valence electrons. The summed E-state index contributed by atoms with van der Waals surface area (Å²) in [6.45, 7) is 5.72. The summed E-state index contributed by atoms with van der Waals surface area (Å²) in [5, 5.41) is 0. The van der Waals surface area contributed by atoms with E-state index in [1.54, 1.807) is 48.5 Å². The molecule has 0 saturated heterocycles. The van der Waals surface area contributed by atoms with E-state index in [0.717, 1.165) is 11.1 Å². The minimum Gasteiger partial charge on any atom is -0.292 e. The highest BCUT2D eigenvalue weighted by Gasteiger charge is 2.25. The number of hydrogen-bond donors (Lipinski definition) is 1. The molecule has 1 unspecified atom stereocenters. The average molecular weight is 357 g/mol. The predicted octanol–water partition coefficient (Wildman–Crippen LogP) is 3.88. The molecule has 1 N–H and O–H groups in total. The fourth-order valence-electron chi connectivity index (χ4n) is 2.34. The van der Waals surface area contributed by atoms with Gasteiger partial charge in [-0.25, -0.2) is 8.42 Å². The first-order valence-electron chi connectivity index (χ1n) is 8.11. The average Bonchev–Trinajstić information content (AvgIpc) is 2.59. The second-order valence-corrected chi connectivity index (χ2v) is 7.95. The van der Waals surface area contributed by atoms with E-state index < -0.39 is 16.1 Å². The Morgan fingerprint density at radius 3 is 2.20 bits per heavy atom. The summed E-state index contributed by atoms with van der Waals surface area (Å²) in [5.74, 6) is -0.242. The van der Waals surface area contributed by atoms with Crippen molar-refractivity contribution in [3.63, 3.8) is 0 Å². The Labute approximate surface area is 149 Å². The Kier molecular flexibility index (Phi) is 6.28. The number of carbonyl (C=O) groups is 1.